The third-order valence-electron chi connectivity index (χ3n) is 3.94. The summed E-state index contributed by atoms with van der Waals surface area (Å²) in [5.41, 5.74) is 2.15. The predicted octanol–water partition coefficient (Wildman–Crippen LogP) is 4.23. The van der Waals surface area contributed by atoms with Crippen molar-refractivity contribution < 1.29 is 18.3 Å². The summed E-state index contributed by atoms with van der Waals surface area (Å²) in [6.45, 7) is 0.170. The van der Waals surface area contributed by atoms with Gasteiger partial charge < -0.3 is 10.1 Å². The molecule has 0 spiro atoms. The maximum Gasteiger partial charge on any atom is 0.198 e. The van der Waals surface area contributed by atoms with E-state index in [0.717, 1.165) is 12.1 Å². The molecule has 2 aromatic carbocycles. The first kappa shape index (κ1) is 15.3. The van der Waals surface area contributed by atoms with E-state index < -0.39 is 11.6 Å². The number of hydrogen-bond acceptors (Lipinski definition) is 4. The number of halogens is 2. The van der Waals surface area contributed by atoms with Gasteiger partial charge in [0.05, 0.1) is 16.9 Å². The van der Waals surface area contributed by atoms with Gasteiger partial charge in [-0.2, -0.15) is 0 Å². The molecule has 3 aromatic rings. The minimum absolute atomic E-state index is 0.131. The zero-order valence-corrected chi connectivity index (χ0v) is 12.9. The molecule has 0 unspecified atom stereocenters. The number of hydrogen-bond donors (Lipinski definition) is 1. The first-order valence-electron chi connectivity index (χ1n) is 7.59. The number of ether oxygens (including phenoxy) is 1. The maximum absolute atomic E-state index is 13.8. The molecule has 0 atom stereocenters. The normalized spacial score (nSPS) is 12.6. The minimum atomic E-state index is -0.705. The molecule has 6 heteroatoms. The highest BCUT2D eigenvalue weighted by molar-refractivity contribution is 6.12. The van der Waals surface area contributed by atoms with Crippen LogP contribution < -0.4 is 10.1 Å². The second kappa shape index (κ2) is 5.98. The Labute approximate surface area is 142 Å². The monoisotopic (exact) mass is 338 g/mol. The van der Waals surface area contributed by atoms with Gasteiger partial charge in [-0.05, 0) is 36.4 Å². The zero-order valence-electron chi connectivity index (χ0n) is 12.9. The van der Waals surface area contributed by atoms with Gasteiger partial charge in [-0.1, -0.05) is 0 Å². The SMILES string of the molecule is O=C1c2ccc(Nc3ccc(F)cc3F)cc2OCc2ncccc21. The summed E-state index contributed by atoms with van der Waals surface area (Å²) >= 11 is 0. The number of nitrogens with zero attached hydrogens (tertiary/aromatic N) is 1. The van der Waals surface area contributed by atoms with Crippen LogP contribution in [0.4, 0.5) is 20.2 Å². The summed E-state index contributed by atoms with van der Waals surface area (Å²) in [5, 5.41) is 2.86. The Balaban J connectivity index is 1.68. The Morgan fingerprint density at radius 3 is 2.76 bits per heavy atom. The minimum Gasteiger partial charge on any atom is -0.486 e. The molecule has 1 aliphatic rings. The molecule has 0 fully saturated rings. The summed E-state index contributed by atoms with van der Waals surface area (Å²) in [6.07, 6.45) is 1.61. The van der Waals surface area contributed by atoms with Crippen LogP contribution in [0.5, 0.6) is 5.75 Å². The quantitative estimate of drug-likeness (QED) is 0.760. The van der Waals surface area contributed by atoms with Crippen LogP contribution in [0.2, 0.25) is 0 Å². The fourth-order valence-corrected chi connectivity index (χ4v) is 2.70. The van der Waals surface area contributed by atoms with Crippen molar-refractivity contribution in [2.75, 3.05) is 5.32 Å². The lowest BCUT2D eigenvalue weighted by atomic mass is 10.0. The van der Waals surface area contributed by atoms with E-state index in [1.807, 2.05) is 0 Å². The molecular formula is C19H12F2N2O2. The van der Waals surface area contributed by atoms with Gasteiger partial charge in [0.25, 0.3) is 0 Å². The molecule has 4 rings (SSSR count). The Kier molecular flexibility index (Phi) is 3.65. The van der Waals surface area contributed by atoms with Crippen LogP contribution in [0.1, 0.15) is 21.6 Å². The highest BCUT2D eigenvalue weighted by atomic mass is 19.1. The summed E-state index contributed by atoms with van der Waals surface area (Å²) < 4.78 is 32.5. The Morgan fingerprint density at radius 1 is 1.04 bits per heavy atom. The number of nitrogens with one attached hydrogen (secondary N) is 1. The summed E-state index contributed by atoms with van der Waals surface area (Å²) in [7, 11) is 0. The second-order valence-corrected chi connectivity index (χ2v) is 5.58. The van der Waals surface area contributed by atoms with Gasteiger partial charge in [0, 0.05) is 29.6 Å². The first-order chi connectivity index (χ1) is 12.1. The molecule has 2 heterocycles. The first-order valence-corrected chi connectivity index (χ1v) is 7.59. The number of carbonyl (C=O) groups excluding carboxylic acids is 1. The molecule has 1 aliphatic heterocycles. The van der Waals surface area contributed by atoms with E-state index in [9.17, 15) is 13.6 Å². The van der Waals surface area contributed by atoms with Crippen molar-refractivity contribution >= 4 is 17.2 Å². The highest BCUT2D eigenvalue weighted by Gasteiger charge is 2.23. The average Bonchev–Trinajstić information content (AvgIpc) is 2.75. The standard InChI is InChI=1S/C19H12F2N2O2/c20-11-3-6-16(15(21)8-11)23-12-4-5-14-18(9-12)25-10-17-13(19(14)24)2-1-7-22-17/h1-9,23H,10H2. The number of anilines is 2. The van der Waals surface area contributed by atoms with Gasteiger partial charge in [-0.3, -0.25) is 9.78 Å². The van der Waals surface area contributed by atoms with E-state index in [0.29, 0.717) is 28.3 Å². The van der Waals surface area contributed by atoms with E-state index in [2.05, 4.69) is 10.3 Å². The van der Waals surface area contributed by atoms with Crippen molar-refractivity contribution in [3.05, 3.63) is 83.2 Å². The van der Waals surface area contributed by atoms with Gasteiger partial charge in [-0.25, -0.2) is 8.78 Å². The van der Waals surface area contributed by atoms with E-state index >= 15 is 0 Å². The summed E-state index contributed by atoms with van der Waals surface area (Å²) in [6, 6.07) is 11.6. The van der Waals surface area contributed by atoms with Gasteiger partial charge in [0.1, 0.15) is 24.0 Å². The molecule has 0 saturated carbocycles. The molecule has 0 amide bonds. The predicted molar refractivity (Wildman–Crippen MR) is 88.1 cm³/mol. The Morgan fingerprint density at radius 2 is 1.92 bits per heavy atom. The molecule has 0 aliphatic carbocycles. The lowest BCUT2D eigenvalue weighted by Gasteiger charge is -2.11. The van der Waals surface area contributed by atoms with E-state index in [-0.39, 0.29) is 18.1 Å². The van der Waals surface area contributed by atoms with Crippen LogP contribution in [0, 0.1) is 11.6 Å². The zero-order chi connectivity index (χ0) is 17.4. The lowest BCUT2D eigenvalue weighted by molar-refractivity contribution is 0.103. The number of aromatic nitrogens is 1. The maximum atomic E-state index is 13.8. The second-order valence-electron chi connectivity index (χ2n) is 5.58. The number of rotatable bonds is 2. The third-order valence-corrected chi connectivity index (χ3v) is 3.94. The Hall–Kier alpha value is -3.28. The van der Waals surface area contributed by atoms with Gasteiger partial charge in [-0.15, -0.1) is 0 Å². The Bertz CT molecular complexity index is 989. The van der Waals surface area contributed by atoms with Crippen molar-refractivity contribution in [1.29, 1.82) is 0 Å². The van der Waals surface area contributed by atoms with Crippen molar-refractivity contribution in [2.24, 2.45) is 0 Å². The fourth-order valence-electron chi connectivity index (χ4n) is 2.70. The molecule has 124 valence electrons. The number of benzene rings is 2. The lowest BCUT2D eigenvalue weighted by Crippen LogP contribution is -2.04. The van der Waals surface area contributed by atoms with Crippen LogP contribution in [-0.4, -0.2) is 10.8 Å². The molecule has 1 aromatic heterocycles. The number of ketones is 1. The molecule has 1 N–H and O–H groups in total. The number of fused-ring (bicyclic) bond motifs is 2. The molecule has 25 heavy (non-hydrogen) atoms. The highest BCUT2D eigenvalue weighted by Crippen LogP contribution is 2.31. The number of pyridine rings is 1. The molecular weight excluding hydrogens is 326 g/mol. The van der Waals surface area contributed by atoms with Crippen LogP contribution >= 0.6 is 0 Å². The van der Waals surface area contributed by atoms with Gasteiger partial charge >= 0.3 is 0 Å². The topological polar surface area (TPSA) is 51.2 Å². The van der Waals surface area contributed by atoms with Crippen LogP contribution in [0.3, 0.4) is 0 Å². The van der Waals surface area contributed by atoms with Crippen LogP contribution in [-0.2, 0) is 6.61 Å². The summed E-state index contributed by atoms with van der Waals surface area (Å²) in [4.78, 5) is 16.8. The van der Waals surface area contributed by atoms with Crippen molar-refractivity contribution in [1.82, 2.24) is 4.98 Å². The fraction of sp³-hybridized carbons (Fsp3) is 0.0526. The third kappa shape index (κ3) is 2.82. The van der Waals surface area contributed by atoms with E-state index in [1.165, 1.54) is 6.07 Å². The van der Waals surface area contributed by atoms with Crippen molar-refractivity contribution in [3.8, 4) is 5.75 Å². The van der Waals surface area contributed by atoms with E-state index in [1.54, 1.807) is 36.5 Å². The summed E-state index contributed by atoms with van der Waals surface area (Å²) in [5.74, 6) is -1.14. The van der Waals surface area contributed by atoms with Gasteiger partial charge in [0.2, 0.25) is 0 Å². The molecule has 0 bridgehead atoms. The molecule has 4 nitrogen and oxygen atoms in total. The molecule has 0 saturated heterocycles. The average molecular weight is 338 g/mol. The largest absolute Gasteiger partial charge is 0.486 e. The van der Waals surface area contributed by atoms with Crippen LogP contribution in [0.25, 0.3) is 0 Å². The van der Waals surface area contributed by atoms with Crippen LogP contribution in [0.15, 0.2) is 54.7 Å². The van der Waals surface area contributed by atoms with Crippen molar-refractivity contribution in [2.45, 2.75) is 6.61 Å². The molecule has 0 radical (unpaired) electrons. The number of carbonyl (C=O) groups is 1. The van der Waals surface area contributed by atoms with Gasteiger partial charge in [0.15, 0.2) is 5.78 Å². The van der Waals surface area contributed by atoms with E-state index in [4.69, 9.17) is 4.74 Å². The van der Waals surface area contributed by atoms with Crippen molar-refractivity contribution in [3.63, 3.8) is 0 Å². The smallest absolute Gasteiger partial charge is 0.198 e.